The highest BCUT2D eigenvalue weighted by Crippen LogP contribution is 2.22. The maximum absolute atomic E-state index is 10.7. The number of allylic oxidation sites excluding steroid dienone is 2. The van der Waals surface area contributed by atoms with Crippen LogP contribution in [0.5, 0.6) is 0 Å². The maximum Gasteiger partial charge on any atom is 0.410 e. The smallest absolute Gasteiger partial charge is 0.408 e. The van der Waals surface area contributed by atoms with Crippen LogP contribution in [0.1, 0.15) is 17.7 Å². The van der Waals surface area contributed by atoms with Gasteiger partial charge in [0.2, 0.25) is 0 Å². The third-order valence-electron chi connectivity index (χ3n) is 2.02. The highest BCUT2D eigenvalue weighted by molar-refractivity contribution is 5.78. The van der Waals surface area contributed by atoms with Gasteiger partial charge in [0.05, 0.1) is 0 Å². The number of pyridine rings is 1. The molecule has 1 aliphatic carbocycles. The molecule has 0 atom stereocenters. The molecule has 1 aliphatic rings. The Morgan fingerprint density at radius 3 is 3.20 bits per heavy atom. The average molecular weight is 202 g/mol. The number of rotatable bonds is 1. The molecular weight excluding hydrogens is 192 g/mol. The molecule has 1 aromatic heterocycles. The normalized spacial score (nSPS) is 13.7. The number of nitrogens with zero attached hydrogens (tertiary/aromatic N) is 1. The number of hydrogen-bond donors (Lipinski definition) is 1. The van der Waals surface area contributed by atoms with E-state index in [0.29, 0.717) is 17.9 Å². The minimum absolute atomic E-state index is 0.420. The zero-order valence-electron chi connectivity index (χ0n) is 8.01. The zero-order chi connectivity index (χ0) is 10.7. The Labute approximate surface area is 87.1 Å². The summed E-state index contributed by atoms with van der Waals surface area (Å²) in [5.74, 6) is 0.420. The number of primary amides is 1. The average Bonchev–Trinajstić information content (AvgIpc) is 2.41. The second-order valence-electron chi connectivity index (χ2n) is 3.07. The molecule has 4 heteroatoms. The van der Waals surface area contributed by atoms with Gasteiger partial charge in [-0.1, -0.05) is 18.2 Å². The molecule has 1 amide bonds. The second-order valence-corrected chi connectivity index (χ2v) is 3.07. The van der Waals surface area contributed by atoms with E-state index in [2.05, 4.69) is 4.98 Å². The lowest BCUT2D eigenvalue weighted by molar-refractivity contribution is 0.202. The van der Waals surface area contributed by atoms with Gasteiger partial charge in [-0.3, -0.25) is 4.98 Å². The summed E-state index contributed by atoms with van der Waals surface area (Å²) in [6.07, 6.45) is 7.21. The largest absolute Gasteiger partial charge is 0.410 e. The van der Waals surface area contributed by atoms with Gasteiger partial charge in [-0.15, -0.1) is 0 Å². The lowest BCUT2D eigenvalue weighted by Gasteiger charge is -2.06. The molecule has 4 nitrogen and oxygen atoms in total. The van der Waals surface area contributed by atoms with E-state index in [1.165, 1.54) is 0 Å². The quantitative estimate of drug-likeness (QED) is 0.756. The Bertz CT molecular complexity index is 450. The topological polar surface area (TPSA) is 65.2 Å². The van der Waals surface area contributed by atoms with Crippen molar-refractivity contribution < 1.29 is 9.53 Å². The molecule has 76 valence electrons. The molecular formula is C11H10N2O2. The Balaban J connectivity index is 2.43. The number of ether oxygens (including phenoxy) is 1. The van der Waals surface area contributed by atoms with Gasteiger partial charge in [-0.05, 0) is 18.6 Å². The van der Waals surface area contributed by atoms with Gasteiger partial charge in [-0.2, -0.15) is 0 Å². The van der Waals surface area contributed by atoms with E-state index in [9.17, 15) is 4.79 Å². The fourth-order valence-corrected chi connectivity index (χ4v) is 1.42. The van der Waals surface area contributed by atoms with Crippen molar-refractivity contribution in [1.29, 1.82) is 0 Å². The van der Waals surface area contributed by atoms with E-state index < -0.39 is 6.09 Å². The third kappa shape index (κ3) is 2.04. The molecule has 0 radical (unpaired) electrons. The number of amides is 1. The molecule has 0 unspecified atom stereocenters. The first-order valence-electron chi connectivity index (χ1n) is 4.57. The van der Waals surface area contributed by atoms with Crippen LogP contribution >= 0.6 is 0 Å². The second kappa shape index (κ2) is 3.96. The third-order valence-corrected chi connectivity index (χ3v) is 2.02. The molecule has 0 spiro atoms. The molecule has 15 heavy (non-hydrogen) atoms. The zero-order valence-corrected chi connectivity index (χ0v) is 8.01. The molecule has 0 saturated heterocycles. The lowest BCUT2D eigenvalue weighted by atomic mass is 10.2. The molecule has 1 aromatic rings. The summed E-state index contributed by atoms with van der Waals surface area (Å²) in [5, 5.41) is 0. The Morgan fingerprint density at radius 2 is 2.40 bits per heavy atom. The summed E-state index contributed by atoms with van der Waals surface area (Å²) in [6, 6.07) is 3.73. The van der Waals surface area contributed by atoms with Crippen molar-refractivity contribution >= 4 is 17.9 Å². The summed E-state index contributed by atoms with van der Waals surface area (Å²) in [4.78, 5) is 14.9. The van der Waals surface area contributed by atoms with Gasteiger partial charge in [0.25, 0.3) is 0 Å². The van der Waals surface area contributed by atoms with Crippen molar-refractivity contribution in [1.82, 2.24) is 4.98 Å². The van der Waals surface area contributed by atoms with Crippen LogP contribution in [0, 0.1) is 0 Å². The van der Waals surface area contributed by atoms with Crippen molar-refractivity contribution in [3.63, 3.8) is 0 Å². The first-order valence-corrected chi connectivity index (χ1v) is 4.57. The predicted octanol–water partition coefficient (Wildman–Crippen LogP) is 1.93. The Hall–Kier alpha value is -2.10. The minimum atomic E-state index is -0.820. The van der Waals surface area contributed by atoms with E-state index >= 15 is 0 Å². The first kappa shape index (κ1) is 9.45. The lowest BCUT2D eigenvalue weighted by Crippen LogP contribution is -2.13. The highest BCUT2D eigenvalue weighted by atomic mass is 16.5. The molecule has 0 fully saturated rings. The van der Waals surface area contributed by atoms with Gasteiger partial charge < -0.3 is 10.5 Å². The summed E-state index contributed by atoms with van der Waals surface area (Å²) in [7, 11) is 0. The molecule has 0 aromatic carbocycles. The highest BCUT2D eigenvalue weighted by Gasteiger charge is 2.12. The number of fused-ring (bicyclic) bond motifs is 1. The minimum Gasteiger partial charge on any atom is -0.408 e. The van der Waals surface area contributed by atoms with E-state index in [-0.39, 0.29) is 0 Å². The number of nitrogens with two attached hydrogens (primary N) is 1. The number of carbonyl (C=O) groups excluding carboxylic acids is 1. The van der Waals surface area contributed by atoms with Crippen LogP contribution in [0.15, 0.2) is 30.5 Å². The standard InChI is InChI=1S/C11H10N2O2/c12-11(14)15-9-6-2-1-4-8-5-3-7-13-10(8)9/h1,3-7H,2H2,(H2,12,14). The van der Waals surface area contributed by atoms with Crippen molar-refractivity contribution in [2.45, 2.75) is 6.42 Å². The molecule has 2 N–H and O–H groups in total. The summed E-state index contributed by atoms with van der Waals surface area (Å²) >= 11 is 0. The summed E-state index contributed by atoms with van der Waals surface area (Å²) in [5.41, 5.74) is 6.54. The maximum atomic E-state index is 10.7. The van der Waals surface area contributed by atoms with Crippen molar-refractivity contribution in [3.05, 3.63) is 41.7 Å². The molecule has 0 saturated carbocycles. The predicted molar refractivity (Wildman–Crippen MR) is 56.5 cm³/mol. The van der Waals surface area contributed by atoms with Crippen LogP contribution in [0.25, 0.3) is 11.8 Å². The Morgan fingerprint density at radius 1 is 1.53 bits per heavy atom. The fraction of sp³-hybridized carbons (Fsp3) is 0.0909. The number of carbonyl (C=O) groups is 1. The summed E-state index contributed by atoms with van der Waals surface area (Å²) < 4.78 is 4.90. The van der Waals surface area contributed by atoms with E-state index in [1.807, 2.05) is 24.3 Å². The van der Waals surface area contributed by atoms with Crippen LogP contribution in [0.2, 0.25) is 0 Å². The molecule has 0 aliphatic heterocycles. The van der Waals surface area contributed by atoms with Crippen molar-refractivity contribution in [3.8, 4) is 0 Å². The van der Waals surface area contributed by atoms with E-state index in [4.69, 9.17) is 10.5 Å². The molecule has 2 rings (SSSR count). The van der Waals surface area contributed by atoms with Crippen LogP contribution < -0.4 is 5.73 Å². The Kier molecular flexibility index (Phi) is 2.49. The number of hydrogen-bond acceptors (Lipinski definition) is 3. The van der Waals surface area contributed by atoms with Gasteiger partial charge in [0.15, 0.2) is 5.76 Å². The van der Waals surface area contributed by atoms with Crippen LogP contribution in [-0.4, -0.2) is 11.1 Å². The van der Waals surface area contributed by atoms with Gasteiger partial charge in [0, 0.05) is 11.8 Å². The number of aromatic nitrogens is 1. The molecule has 1 heterocycles. The summed E-state index contributed by atoms with van der Waals surface area (Å²) in [6.45, 7) is 0. The van der Waals surface area contributed by atoms with Gasteiger partial charge >= 0.3 is 6.09 Å². The monoisotopic (exact) mass is 202 g/mol. The van der Waals surface area contributed by atoms with Crippen LogP contribution in [-0.2, 0) is 4.74 Å². The van der Waals surface area contributed by atoms with Gasteiger partial charge in [-0.25, -0.2) is 4.79 Å². The van der Waals surface area contributed by atoms with E-state index in [0.717, 1.165) is 5.56 Å². The van der Waals surface area contributed by atoms with Gasteiger partial charge in [0.1, 0.15) is 5.69 Å². The van der Waals surface area contributed by atoms with Crippen molar-refractivity contribution in [2.75, 3.05) is 0 Å². The van der Waals surface area contributed by atoms with Crippen LogP contribution in [0.3, 0.4) is 0 Å². The fourth-order valence-electron chi connectivity index (χ4n) is 1.42. The molecule has 0 bridgehead atoms. The van der Waals surface area contributed by atoms with E-state index in [1.54, 1.807) is 12.3 Å². The SMILES string of the molecule is NC(=O)OC1=CCC=Cc2cccnc21. The first-order chi connectivity index (χ1) is 7.27. The van der Waals surface area contributed by atoms with Crippen LogP contribution in [0.4, 0.5) is 4.79 Å². The van der Waals surface area contributed by atoms with Crippen molar-refractivity contribution in [2.24, 2.45) is 5.73 Å².